The minimum absolute atomic E-state index is 0.0158. The van der Waals surface area contributed by atoms with Gasteiger partial charge in [-0.3, -0.25) is 14.5 Å². The summed E-state index contributed by atoms with van der Waals surface area (Å²) in [4.78, 5) is 33.0. The van der Waals surface area contributed by atoms with Gasteiger partial charge in [-0.2, -0.15) is 0 Å². The summed E-state index contributed by atoms with van der Waals surface area (Å²) in [5.41, 5.74) is 4.08. The van der Waals surface area contributed by atoms with Crippen molar-refractivity contribution in [2.45, 2.75) is 39.2 Å². The van der Waals surface area contributed by atoms with E-state index in [2.05, 4.69) is 36.4 Å². The minimum Gasteiger partial charge on any atom is -0.496 e. The number of hydrogen-bond donors (Lipinski definition) is 0. The predicted octanol–water partition coefficient (Wildman–Crippen LogP) is 2.41. The molecule has 3 aliphatic rings. The molecule has 1 fully saturated rings. The topological polar surface area (TPSA) is 58.0 Å². The smallest absolute Gasteiger partial charge is 0.259 e. The summed E-state index contributed by atoms with van der Waals surface area (Å²) < 4.78 is 7.35. The van der Waals surface area contributed by atoms with Gasteiger partial charge in [-0.1, -0.05) is 23.8 Å². The molecule has 1 atom stereocenters. The Hall–Kier alpha value is -2.38. The lowest BCUT2D eigenvalue weighted by molar-refractivity contribution is 0.0658. The number of likely N-dealkylation sites (N-methyl/N-ethyl adjacent to an activating group) is 1. The fraction of sp³-hybridized carbons (Fsp3) is 0.615. The number of carbonyl (C=O) groups excluding carboxylic acids is 1. The molecule has 7 heteroatoms. The van der Waals surface area contributed by atoms with Crippen LogP contribution in [0.1, 0.15) is 42.2 Å². The lowest BCUT2D eigenvalue weighted by Crippen LogP contribution is -2.47. The fourth-order valence-electron chi connectivity index (χ4n) is 5.28. The number of methoxy groups -OCH3 is 1. The first-order valence-electron chi connectivity index (χ1n) is 12.2. The number of carbonyl (C=O) groups is 1. The van der Waals surface area contributed by atoms with Crippen molar-refractivity contribution in [2.24, 2.45) is 5.92 Å². The Labute approximate surface area is 197 Å². The minimum atomic E-state index is -0.0835. The van der Waals surface area contributed by atoms with Gasteiger partial charge in [0.25, 0.3) is 11.5 Å². The Kier molecular flexibility index (Phi) is 7.39. The van der Waals surface area contributed by atoms with Gasteiger partial charge in [0, 0.05) is 70.5 Å². The van der Waals surface area contributed by atoms with Crippen LogP contribution >= 0.6 is 0 Å². The third kappa shape index (κ3) is 5.25. The average Bonchev–Trinajstić information content (AvgIpc) is 3.02. The zero-order valence-electron chi connectivity index (χ0n) is 20.4. The van der Waals surface area contributed by atoms with E-state index in [4.69, 9.17) is 4.74 Å². The predicted molar refractivity (Wildman–Crippen MR) is 131 cm³/mol. The van der Waals surface area contributed by atoms with Crippen LogP contribution in [0.15, 0.2) is 34.7 Å². The van der Waals surface area contributed by atoms with Gasteiger partial charge >= 0.3 is 0 Å². The molecule has 1 amide bonds. The number of piperazine rings is 1. The molecule has 180 valence electrons. The first-order valence-corrected chi connectivity index (χ1v) is 12.2. The van der Waals surface area contributed by atoms with Gasteiger partial charge in [0.05, 0.1) is 7.11 Å². The molecule has 4 rings (SSSR count). The molecule has 2 aliphatic heterocycles. The van der Waals surface area contributed by atoms with E-state index in [1.165, 1.54) is 23.6 Å². The molecule has 1 aromatic heterocycles. The highest BCUT2D eigenvalue weighted by atomic mass is 16.5. The maximum absolute atomic E-state index is 13.5. The van der Waals surface area contributed by atoms with Crippen molar-refractivity contribution in [3.8, 4) is 5.75 Å². The van der Waals surface area contributed by atoms with Crippen LogP contribution < -0.4 is 10.3 Å². The second-order valence-corrected chi connectivity index (χ2v) is 9.83. The number of fused-ring (bicyclic) bond motifs is 1. The highest BCUT2D eigenvalue weighted by Gasteiger charge is 2.29. The summed E-state index contributed by atoms with van der Waals surface area (Å²) in [5, 5.41) is 0. The monoisotopic (exact) mass is 454 g/mol. The molecule has 0 spiro atoms. The molecule has 0 radical (unpaired) electrons. The molecule has 0 N–H and O–H groups in total. The number of aromatic nitrogens is 1. The van der Waals surface area contributed by atoms with Gasteiger partial charge in [-0.25, -0.2) is 0 Å². The van der Waals surface area contributed by atoms with E-state index in [0.717, 1.165) is 51.3 Å². The SMILES string of the molecule is C=C(C)[C@@H]1CC=C(CN2CCc3c(C(=O)N4CCN(C)CC4)c(OC)cc(=O)n3CC2)CC1. The number of rotatable bonds is 5. The molecule has 7 nitrogen and oxygen atoms in total. The van der Waals surface area contributed by atoms with Gasteiger partial charge in [0.2, 0.25) is 0 Å². The Morgan fingerprint density at radius 1 is 1.12 bits per heavy atom. The molecular formula is C26H38N4O3. The maximum atomic E-state index is 13.5. The van der Waals surface area contributed by atoms with Gasteiger partial charge < -0.3 is 19.1 Å². The number of pyridine rings is 1. The quantitative estimate of drug-likeness (QED) is 0.640. The van der Waals surface area contributed by atoms with Crippen LogP contribution in [0.3, 0.4) is 0 Å². The molecule has 1 aromatic rings. The standard InChI is InChI=1S/C26H38N4O3/c1-19(2)21-7-5-20(6-8-21)18-28-10-9-22-25(26(32)29-14-11-27(3)12-15-29)23(33-4)17-24(31)30(22)16-13-28/h5,17,21H,1,6-16,18H2,2-4H3/t21-/m1/s1. The average molecular weight is 455 g/mol. The third-order valence-electron chi connectivity index (χ3n) is 7.54. The van der Waals surface area contributed by atoms with Crippen LogP contribution in [0, 0.1) is 5.92 Å². The summed E-state index contributed by atoms with van der Waals surface area (Å²) in [5.74, 6) is 0.999. The van der Waals surface area contributed by atoms with Crippen molar-refractivity contribution in [1.29, 1.82) is 0 Å². The van der Waals surface area contributed by atoms with Crippen molar-refractivity contribution < 1.29 is 9.53 Å². The second-order valence-electron chi connectivity index (χ2n) is 9.83. The number of nitrogens with zero attached hydrogens (tertiary/aromatic N) is 4. The molecule has 3 heterocycles. The molecule has 0 aromatic carbocycles. The zero-order valence-corrected chi connectivity index (χ0v) is 20.4. The fourth-order valence-corrected chi connectivity index (χ4v) is 5.28. The van der Waals surface area contributed by atoms with E-state index in [0.29, 0.717) is 43.3 Å². The van der Waals surface area contributed by atoms with Crippen molar-refractivity contribution >= 4 is 5.91 Å². The van der Waals surface area contributed by atoms with Gasteiger partial charge in [0.15, 0.2) is 0 Å². The Morgan fingerprint density at radius 3 is 2.52 bits per heavy atom. The van der Waals surface area contributed by atoms with Crippen LogP contribution in [0.5, 0.6) is 5.75 Å². The first kappa shape index (κ1) is 23.8. The van der Waals surface area contributed by atoms with Crippen molar-refractivity contribution in [3.05, 3.63) is 51.5 Å². The molecule has 0 unspecified atom stereocenters. The maximum Gasteiger partial charge on any atom is 0.259 e. The number of ether oxygens (including phenoxy) is 1. The van der Waals surface area contributed by atoms with Crippen LogP contribution in [-0.4, -0.2) is 85.1 Å². The molecule has 1 aliphatic carbocycles. The van der Waals surface area contributed by atoms with Crippen molar-refractivity contribution in [3.63, 3.8) is 0 Å². The summed E-state index contributed by atoms with van der Waals surface area (Å²) >= 11 is 0. The lowest BCUT2D eigenvalue weighted by atomic mass is 9.85. The lowest BCUT2D eigenvalue weighted by Gasteiger charge is -2.33. The van der Waals surface area contributed by atoms with Gasteiger partial charge in [-0.05, 0) is 39.2 Å². The second kappa shape index (κ2) is 10.3. The molecule has 33 heavy (non-hydrogen) atoms. The van der Waals surface area contributed by atoms with E-state index in [-0.39, 0.29) is 11.5 Å². The largest absolute Gasteiger partial charge is 0.496 e. The molecular weight excluding hydrogens is 416 g/mol. The molecule has 0 saturated carbocycles. The number of allylic oxidation sites excluding steroid dienone is 2. The Morgan fingerprint density at radius 2 is 1.88 bits per heavy atom. The van der Waals surface area contributed by atoms with Crippen molar-refractivity contribution in [2.75, 3.05) is 60.0 Å². The third-order valence-corrected chi connectivity index (χ3v) is 7.54. The van der Waals surface area contributed by atoms with Crippen LogP contribution in [-0.2, 0) is 13.0 Å². The van der Waals surface area contributed by atoms with Gasteiger partial charge in [0.1, 0.15) is 11.3 Å². The van der Waals surface area contributed by atoms with E-state index >= 15 is 0 Å². The normalized spacial score (nSPS) is 22.3. The first-order chi connectivity index (χ1) is 15.9. The molecule has 1 saturated heterocycles. The van der Waals surface area contributed by atoms with Crippen LogP contribution in [0.25, 0.3) is 0 Å². The summed E-state index contributed by atoms with van der Waals surface area (Å²) in [6.07, 6.45) is 6.43. The zero-order chi connectivity index (χ0) is 23.5. The van der Waals surface area contributed by atoms with Crippen LogP contribution in [0.4, 0.5) is 0 Å². The highest BCUT2D eigenvalue weighted by molar-refractivity contribution is 5.98. The highest BCUT2D eigenvalue weighted by Crippen LogP contribution is 2.29. The van der Waals surface area contributed by atoms with E-state index in [1.54, 1.807) is 11.7 Å². The number of amides is 1. The van der Waals surface area contributed by atoms with E-state index in [9.17, 15) is 9.59 Å². The van der Waals surface area contributed by atoms with Crippen molar-refractivity contribution in [1.82, 2.24) is 19.3 Å². The summed E-state index contributed by atoms with van der Waals surface area (Å²) in [6.45, 7) is 12.5. The number of hydrogen-bond acceptors (Lipinski definition) is 5. The Bertz CT molecular complexity index is 988. The molecule has 0 bridgehead atoms. The van der Waals surface area contributed by atoms with Crippen LogP contribution in [0.2, 0.25) is 0 Å². The van der Waals surface area contributed by atoms with E-state index < -0.39 is 0 Å². The summed E-state index contributed by atoms with van der Waals surface area (Å²) in [7, 11) is 3.62. The van der Waals surface area contributed by atoms with E-state index in [1.807, 2.05) is 4.90 Å². The van der Waals surface area contributed by atoms with Gasteiger partial charge in [-0.15, -0.1) is 0 Å². The summed E-state index contributed by atoms with van der Waals surface area (Å²) in [6, 6.07) is 1.49. The Balaban J connectivity index is 1.53.